The van der Waals surface area contributed by atoms with Crippen molar-refractivity contribution in [1.29, 1.82) is 0 Å². The summed E-state index contributed by atoms with van der Waals surface area (Å²) in [6.45, 7) is 13.0. The summed E-state index contributed by atoms with van der Waals surface area (Å²) in [5.74, 6) is 0.151. The zero-order valence-electron chi connectivity index (χ0n) is 26.1. The Labute approximate surface area is 246 Å². The van der Waals surface area contributed by atoms with E-state index >= 15 is 0 Å². The van der Waals surface area contributed by atoms with E-state index in [1.54, 1.807) is 0 Å². The zero-order chi connectivity index (χ0) is 29.4. The lowest BCUT2D eigenvalue weighted by Gasteiger charge is -2.25. The second kappa shape index (κ2) is 24.4. The first kappa shape index (κ1) is 38.8. The van der Waals surface area contributed by atoms with Gasteiger partial charge in [0.25, 0.3) is 0 Å². The minimum atomic E-state index is -2.47. The van der Waals surface area contributed by atoms with Gasteiger partial charge in [-0.25, -0.2) is 4.79 Å². The van der Waals surface area contributed by atoms with E-state index in [1.165, 1.54) is 95.6 Å². The van der Waals surface area contributed by atoms with E-state index in [4.69, 9.17) is 14.2 Å². The first-order chi connectivity index (χ1) is 18.6. The number of carbonyl (C=O) groups excluding carboxylic acids is 1. The number of hydrogen-bond acceptors (Lipinski definition) is 7. The molecule has 0 aromatic rings. The lowest BCUT2D eigenvalue weighted by Crippen LogP contribution is -2.39. The van der Waals surface area contributed by atoms with Crippen molar-refractivity contribution in [1.82, 2.24) is 0 Å². The number of unbranched alkanes of at least 4 members (excludes halogenated alkanes) is 12. The number of esters is 1. The minimum absolute atomic E-state index is 0.0519. The van der Waals surface area contributed by atoms with Gasteiger partial charge in [0.15, 0.2) is 0 Å². The average Bonchev–Trinajstić information content (AvgIpc) is 2.90. The van der Waals surface area contributed by atoms with E-state index in [2.05, 4.69) is 32.5 Å². The highest BCUT2D eigenvalue weighted by Gasteiger charge is 2.41. The SMILES string of the molecule is CCCCCCCCCCCSC(CCCCCCC)C(C)OCCCOC(O)(P=O)C(=O)OCC(C)(C)C. The molecule has 6 nitrogen and oxygen atoms in total. The van der Waals surface area contributed by atoms with Gasteiger partial charge in [-0.05, 0) is 37.4 Å². The lowest BCUT2D eigenvalue weighted by molar-refractivity contribution is -0.198. The molecule has 0 radical (unpaired) electrons. The maximum absolute atomic E-state index is 12.2. The van der Waals surface area contributed by atoms with E-state index in [0.29, 0.717) is 18.3 Å². The molecule has 0 heterocycles. The molecule has 39 heavy (non-hydrogen) atoms. The molecule has 0 aromatic heterocycles. The summed E-state index contributed by atoms with van der Waals surface area (Å²) < 4.78 is 27.9. The maximum atomic E-state index is 12.2. The Kier molecular flexibility index (Phi) is 24.3. The van der Waals surface area contributed by atoms with Crippen LogP contribution in [0.1, 0.15) is 144 Å². The van der Waals surface area contributed by atoms with E-state index in [0.717, 1.165) is 6.42 Å². The van der Waals surface area contributed by atoms with Crippen molar-refractivity contribution < 1.29 is 28.7 Å². The van der Waals surface area contributed by atoms with Gasteiger partial charge in [-0.15, -0.1) is 0 Å². The van der Waals surface area contributed by atoms with Gasteiger partial charge in [0, 0.05) is 11.9 Å². The van der Waals surface area contributed by atoms with E-state index in [9.17, 15) is 14.5 Å². The molecule has 0 bridgehead atoms. The van der Waals surface area contributed by atoms with E-state index < -0.39 is 20.0 Å². The monoisotopic (exact) mass is 592 g/mol. The molecule has 3 atom stereocenters. The van der Waals surface area contributed by atoms with E-state index in [1.807, 2.05) is 20.8 Å². The molecule has 8 heteroatoms. The van der Waals surface area contributed by atoms with Crippen LogP contribution in [0.3, 0.4) is 0 Å². The molecular weight excluding hydrogens is 531 g/mol. The number of aliphatic hydroxyl groups is 1. The predicted molar refractivity (Wildman–Crippen MR) is 166 cm³/mol. The molecule has 0 aliphatic carbocycles. The van der Waals surface area contributed by atoms with Crippen molar-refractivity contribution in [2.24, 2.45) is 5.41 Å². The van der Waals surface area contributed by atoms with Crippen molar-refractivity contribution in [2.75, 3.05) is 25.6 Å². The number of carbonyl (C=O) groups is 1. The summed E-state index contributed by atoms with van der Waals surface area (Å²) in [6.07, 6.45) is 20.3. The van der Waals surface area contributed by atoms with E-state index in [-0.39, 0.29) is 24.7 Å². The summed E-state index contributed by atoms with van der Waals surface area (Å²) in [7, 11) is -0.830. The number of thioether (sulfide) groups is 1. The Balaban J connectivity index is 4.40. The van der Waals surface area contributed by atoms with Crippen LogP contribution < -0.4 is 0 Å². The topological polar surface area (TPSA) is 82.1 Å². The Morgan fingerprint density at radius 2 is 1.36 bits per heavy atom. The molecule has 0 aliphatic rings. The van der Waals surface area contributed by atoms with Gasteiger partial charge in [0.05, 0.1) is 19.3 Å². The predicted octanol–water partition coefficient (Wildman–Crippen LogP) is 9.32. The second-order valence-corrected chi connectivity index (χ2v) is 14.2. The molecule has 0 rings (SSSR count). The first-order valence-electron chi connectivity index (χ1n) is 15.7. The van der Waals surface area contributed by atoms with Gasteiger partial charge in [-0.3, -0.25) is 4.57 Å². The fraction of sp³-hybridized carbons (Fsp3) is 0.968. The normalized spacial score (nSPS) is 15.3. The Morgan fingerprint density at radius 1 is 0.821 bits per heavy atom. The molecule has 0 fully saturated rings. The van der Waals surface area contributed by atoms with Gasteiger partial charge >= 0.3 is 11.5 Å². The number of ether oxygens (including phenoxy) is 3. The van der Waals surface area contributed by atoms with Crippen molar-refractivity contribution in [2.45, 2.75) is 161 Å². The third-order valence-corrected chi connectivity index (χ3v) is 8.82. The zero-order valence-corrected chi connectivity index (χ0v) is 27.9. The molecule has 0 spiro atoms. The van der Waals surface area contributed by atoms with Crippen LogP contribution in [-0.2, 0) is 23.6 Å². The van der Waals surface area contributed by atoms with Crippen LogP contribution in [0, 0.1) is 5.41 Å². The van der Waals surface area contributed by atoms with Gasteiger partial charge in [-0.2, -0.15) is 11.8 Å². The third kappa shape index (κ3) is 22.1. The van der Waals surface area contributed by atoms with Gasteiger partial charge in [0.1, 0.15) is 0 Å². The summed E-state index contributed by atoms with van der Waals surface area (Å²) in [5, 5.41) is 10.8. The van der Waals surface area contributed by atoms with Crippen LogP contribution >= 0.6 is 20.2 Å². The molecule has 0 saturated heterocycles. The third-order valence-electron chi connectivity index (χ3n) is 6.69. The van der Waals surface area contributed by atoms with Crippen LogP contribution in [0.2, 0.25) is 0 Å². The van der Waals surface area contributed by atoms with Gasteiger partial charge < -0.3 is 19.3 Å². The summed E-state index contributed by atoms with van der Waals surface area (Å²) in [6, 6.07) is 0. The number of hydrogen-bond donors (Lipinski definition) is 1. The highest BCUT2D eigenvalue weighted by Crippen LogP contribution is 2.27. The molecule has 1 N–H and O–H groups in total. The van der Waals surface area contributed by atoms with Crippen molar-refractivity contribution in [3.05, 3.63) is 0 Å². The molecule has 0 saturated carbocycles. The lowest BCUT2D eigenvalue weighted by atomic mass is 9.99. The molecule has 3 unspecified atom stereocenters. The fourth-order valence-electron chi connectivity index (χ4n) is 4.20. The molecule has 0 aliphatic heterocycles. The quantitative estimate of drug-likeness (QED) is 0.0440. The highest BCUT2D eigenvalue weighted by atomic mass is 32.2. The molecule has 0 aromatic carbocycles. The molecular formula is C31H61O6PS. The minimum Gasteiger partial charge on any atom is -0.461 e. The van der Waals surface area contributed by atoms with Gasteiger partial charge in [-0.1, -0.05) is 118 Å². The number of rotatable bonds is 27. The Hall–Kier alpha value is -0.200. The summed E-state index contributed by atoms with van der Waals surface area (Å²) in [5.41, 5.74) is -2.73. The summed E-state index contributed by atoms with van der Waals surface area (Å²) >= 11 is 2.05. The fourth-order valence-corrected chi connectivity index (χ4v) is 5.84. The largest absolute Gasteiger partial charge is 0.461 e. The van der Waals surface area contributed by atoms with Crippen molar-refractivity contribution >= 4 is 26.2 Å². The van der Waals surface area contributed by atoms with Crippen LogP contribution in [0.4, 0.5) is 0 Å². The van der Waals surface area contributed by atoms with Crippen molar-refractivity contribution in [3.63, 3.8) is 0 Å². The van der Waals surface area contributed by atoms with Crippen LogP contribution in [0.15, 0.2) is 0 Å². The Morgan fingerprint density at radius 3 is 1.90 bits per heavy atom. The van der Waals surface area contributed by atoms with Crippen LogP contribution in [0.25, 0.3) is 0 Å². The smallest absolute Gasteiger partial charge is 0.379 e. The Bertz CT molecular complexity index is 600. The average molecular weight is 593 g/mol. The molecule has 0 amide bonds. The first-order valence-corrected chi connectivity index (χ1v) is 17.6. The summed E-state index contributed by atoms with van der Waals surface area (Å²) in [4.78, 5) is 12.2. The standard InChI is InChI=1S/C31H61O6PS/c1-7-9-11-13-14-15-16-18-20-25-39-28(22-19-17-12-10-8-2)27(3)35-23-21-24-37-31(33,38-34)29(32)36-26-30(4,5)6/h27-28,33H,7-26H2,1-6H3. The van der Waals surface area contributed by atoms with Gasteiger partial charge in [0.2, 0.25) is 8.46 Å². The maximum Gasteiger partial charge on any atom is 0.379 e. The van der Waals surface area contributed by atoms with Crippen LogP contribution in [-0.4, -0.2) is 53.5 Å². The molecule has 232 valence electrons. The second-order valence-electron chi connectivity index (χ2n) is 12.1. The van der Waals surface area contributed by atoms with Crippen molar-refractivity contribution in [3.8, 4) is 0 Å². The highest BCUT2D eigenvalue weighted by molar-refractivity contribution is 7.99. The van der Waals surface area contributed by atoms with Crippen LogP contribution in [0.5, 0.6) is 0 Å².